The summed E-state index contributed by atoms with van der Waals surface area (Å²) in [5, 5.41) is 2.40. The average Bonchev–Trinajstić information content (AvgIpc) is 2.34. The Morgan fingerprint density at radius 1 is 1.35 bits per heavy atom. The van der Waals surface area contributed by atoms with Crippen LogP contribution in [-0.4, -0.2) is 12.5 Å². The first kappa shape index (κ1) is 16.2. The topological polar surface area (TPSA) is 62.4 Å². The maximum atomic E-state index is 13.5. The first-order valence-electron chi connectivity index (χ1n) is 5.89. The Bertz CT molecular complexity index is 483. The largest absolute Gasteiger partial charge is 0.416 e. The summed E-state index contributed by atoms with van der Waals surface area (Å²) < 4.78 is 51.2. The fourth-order valence-corrected chi connectivity index (χ4v) is 1.32. The van der Waals surface area contributed by atoms with Gasteiger partial charge in [-0.25, -0.2) is 10.2 Å². The third kappa shape index (κ3) is 4.69. The van der Waals surface area contributed by atoms with Crippen molar-refractivity contribution >= 4 is 11.6 Å². The van der Waals surface area contributed by atoms with Crippen LogP contribution in [0, 0.1) is 11.7 Å². The Kier molecular flexibility index (Phi) is 5.32. The molecule has 4 N–H and O–H groups in total. The number of nitrogens with two attached hydrogens (primary N) is 1. The standard InChI is InChI=1S/C12H16F4N4/c1-7(2)6-18-11(20-17)19-10-5-8(12(14,15)16)3-4-9(10)13/h3-5,7H,6,17H2,1-2H3,(H2,18,19,20). The zero-order valence-corrected chi connectivity index (χ0v) is 11.1. The van der Waals surface area contributed by atoms with Gasteiger partial charge < -0.3 is 5.32 Å². The predicted molar refractivity (Wildman–Crippen MR) is 69.5 cm³/mol. The molecular weight excluding hydrogens is 276 g/mol. The highest BCUT2D eigenvalue weighted by Gasteiger charge is 2.31. The molecule has 0 heterocycles. The van der Waals surface area contributed by atoms with Crippen molar-refractivity contribution in [2.75, 3.05) is 11.9 Å². The molecular formula is C12H16F4N4. The molecule has 1 aromatic carbocycles. The summed E-state index contributed by atoms with van der Waals surface area (Å²) in [6, 6.07) is 2.07. The molecule has 8 heteroatoms. The molecule has 0 spiro atoms. The van der Waals surface area contributed by atoms with E-state index in [1.165, 1.54) is 0 Å². The van der Waals surface area contributed by atoms with Gasteiger partial charge in [-0.2, -0.15) is 13.2 Å². The molecule has 112 valence electrons. The lowest BCUT2D eigenvalue weighted by Crippen LogP contribution is -2.37. The van der Waals surface area contributed by atoms with Crippen molar-refractivity contribution in [3.05, 3.63) is 29.6 Å². The molecule has 0 aliphatic heterocycles. The molecule has 0 amide bonds. The summed E-state index contributed by atoms with van der Waals surface area (Å²) in [6.07, 6.45) is -4.55. The summed E-state index contributed by atoms with van der Waals surface area (Å²) in [5.41, 5.74) is 0.879. The Balaban J connectivity index is 2.98. The SMILES string of the molecule is CC(C)CN=C(NN)Nc1cc(C(F)(F)F)ccc1F. The van der Waals surface area contributed by atoms with Crippen LogP contribution < -0.4 is 16.6 Å². The number of hydrogen-bond acceptors (Lipinski definition) is 2. The molecule has 4 nitrogen and oxygen atoms in total. The fraction of sp³-hybridized carbons (Fsp3) is 0.417. The van der Waals surface area contributed by atoms with Crippen LogP contribution in [0.1, 0.15) is 19.4 Å². The van der Waals surface area contributed by atoms with Crippen molar-refractivity contribution in [1.29, 1.82) is 0 Å². The number of benzene rings is 1. The van der Waals surface area contributed by atoms with Crippen LogP contribution in [0.5, 0.6) is 0 Å². The van der Waals surface area contributed by atoms with Gasteiger partial charge in [-0.05, 0) is 24.1 Å². The molecule has 0 aliphatic rings. The highest BCUT2D eigenvalue weighted by Crippen LogP contribution is 2.31. The van der Waals surface area contributed by atoms with Gasteiger partial charge in [0.2, 0.25) is 5.96 Å². The Morgan fingerprint density at radius 2 is 2.00 bits per heavy atom. The second-order valence-corrected chi connectivity index (χ2v) is 4.54. The van der Waals surface area contributed by atoms with E-state index in [1.807, 2.05) is 13.8 Å². The summed E-state index contributed by atoms with van der Waals surface area (Å²) in [4.78, 5) is 3.99. The molecule has 0 aromatic heterocycles. The van der Waals surface area contributed by atoms with Gasteiger partial charge in [0.1, 0.15) is 5.82 Å². The van der Waals surface area contributed by atoms with Gasteiger partial charge in [0.25, 0.3) is 0 Å². The highest BCUT2D eigenvalue weighted by molar-refractivity contribution is 5.93. The molecule has 0 unspecified atom stereocenters. The first-order valence-corrected chi connectivity index (χ1v) is 5.89. The molecule has 0 saturated carbocycles. The summed E-state index contributed by atoms with van der Waals surface area (Å²) in [7, 11) is 0. The van der Waals surface area contributed by atoms with Crippen molar-refractivity contribution in [3.63, 3.8) is 0 Å². The molecule has 0 bridgehead atoms. The van der Waals surface area contributed by atoms with E-state index in [9.17, 15) is 17.6 Å². The van der Waals surface area contributed by atoms with Crippen molar-refractivity contribution in [2.24, 2.45) is 16.8 Å². The molecule has 20 heavy (non-hydrogen) atoms. The summed E-state index contributed by atoms with van der Waals surface area (Å²) >= 11 is 0. The first-order chi connectivity index (χ1) is 9.24. The number of guanidine groups is 1. The van der Waals surface area contributed by atoms with E-state index in [0.717, 1.165) is 6.07 Å². The Labute approximate surface area is 114 Å². The van der Waals surface area contributed by atoms with E-state index in [0.29, 0.717) is 18.7 Å². The average molecular weight is 292 g/mol. The van der Waals surface area contributed by atoms with Crippen LogP contribution in [0.4, 0.5) is 23.2 Å². The monoisotopic (exact) mass is 292 g/mol. The minimum absolute atomic E-state index is 0.00285. The number of nitrogens with zero attached hydrogens (tertiary/aromatic N) is 1. The molecule has 0 fully saturated rings. The van der Waals surface area contributed by atoms with Crippen LogP contribution in [0.15, 0.2) is 23.2 Å². The van der Waals surface area contributed by atoms with E-state index in [1.54, 1.807) is 0 Å². The number of halogens is 4. The summed E-state index contributed by atoms with van der Waals surface area (Å²) in [5.74, 6) is 4.59. The molecule has 1 aromatic rings. The van der Waals surface area contributed by atoms with Crippen molar-refractivity contribution < 1.29 is 17.6 Å². The highest BCUT2D eigenvalue weighted by atomic mass is 19.4. The van der Waals surface area contributed by atoms with Crippen LogP contribution in [0.3, 0.4) is 0 Å². The molecule has 0 aliphatic carbocycles. The normalized spacial score (nSPS) is 12.7. The lowest BCUT2D eigenvalue weighted by atomic mass is 10.2. The number of anilines is 1. The van der Waals surface area contributed by atoms with Gasteiger partial charge in [0.05, 0.1) is 11.3 Å². The molecule has 0 atom stereocenters. The molecule has 0 saturated heterocycles. The van der Waals surface area contributed by atoms with Crippen LogP contribution in [-0.2, 0) is 6.18 Å². The van der Waals surface area contributed by atoms with E-state index >= 15 is 0 Å². The molecule has 1 rings (SSSR count). The van der Waals surface area contributed by atoms with Crippen LogP contribution in [0.25, 0.3) is 0 Å². The maximum absolute atomic E-state index is 13.5. The van der Waals surface area contributed by atoms with Gasteiger partial charge >= 0.3 is 6.18 Å². The second kappa shape index (κ2) is 6.56. The van der Waals surface area contributed by atoms with Crippen LogP contribution in [0.2, 0.25) is 0 Å². The second-order valence-electron chi connectivity index (χ2n) is 4.54. The fourth-order valence-electron chi connectivity index (χ4n) is 1.32. The number of nitrogens with one attached hydrogen (secondary N) is 2. The van der Waals surface area contributed by atoms with Gasteiger partial charge in [0, 0.05) is 6.54 Å². The van der Waals surface area contributed by atoms with Crippen molar-refractivity contribution in [2.45, 2.75) is 20.0 Å². The van der Waals surface area contributed by atoms with E-state index in [4.69, 9.17) is 5.84 Å². The third-order valence-corrected chi connectivity index (χ3v) is 2.30. The summed E-state index contributed by atoms with van der Waals surface area (Å²) in [6.45, 7) is 4.21. The van der Waals surface area contributed by atoms with Crippen LogP contribution >= 0.6 is 0 Å². The van der Waals surface area contributed by atoms with E-state index < -0.39 is 17.6 Å². The van der Waals surface area contributed by atoms with Gasteiger partial charge in [-0.15, -0.1) is 0 Å². The quantitative estimate of drug-likeness (QED) is 0.264. The minimum Gasteiger partial charge on any atom is -0.323 e. The van der Waals surface area contributed by atoms with Gasteiger partial charge in [-0.1, -0.05) is 13.8 Å². The predicted octanol–water partition coefficient (Wildman–Crippen LogP) is 2.73. The number of hydrogen-bond donors (Lipinski definition) is 3. The van der Waals surface area contributed by atoms with Gasteiger partial charge in [0.15, 0.2) is 0 Å². The smallest absolute Gasteiger partial charge is 0.323 e. The maximum Gasteiger partial charge on any atom is 0.416 e. The van der Waals surface area contributed by atoms with Crippen molar-refractivity contribution in [3.8, 4) is 0 Å². The van der Waals surface area contributed by atoms with Crippen molar-refractivity contribution in [1.82, 2.24) is 5.43 Å². The Morgan fingerprint density at radius 3 is 2.50 bits per heavy atom. The van der Waals surface area contributed by atoms with Gasteiger partial charge in [-0.3, -0.25) is 10.4 Å². The number of aliphatic imine (C=N–C) groups is 1. The Hall–Kier alpha value is -1.83. The number of alkyl halides is 3. The number of rotatable bonds is 3. The number of hydrazine groups is 1. The zero-order valence-electron chi connectivity index (χ0n) is 11.1. The minimum atomic E-state index is -4.55. The lowest BCUT2D eigenvalue weighted by Gasteiger charge is -2.13. The van der Waals surface area contributed by atoms with E-state index in [2.05, 4.69) is 15.7 Å². The third-order valence-electron chi connectivity index (χ3n) is 2.30. The lowest BCUT2D eigenvalue weighted by molar-refractivity contribution is -0.137. The zero-order chi connectivity index (χ0) is 15.3. The molecule has 0 radical (unpaired) electrons. The van der Waals surface area contributed by atoms with E-state index in [-0.39, 0.29) is 17.6 Å².